The number of halogens is 5. The zero-order valence-corrected chi connectivity index (χ0v) is 12.6. The van der Waals surface area contributed by atoms with Crippen molar-refractivity contribution in [3.05, 3.63) is 57.3 Å². The topological polar surface area (TPSA) is 42.0 Å². The number of carbonyl (C=O) groups excluding carboxylic acids is 1. The number of anilines is 1. The van der Waals surface area contributed by atoms with Gasteiger partial charge in [0.1, 0.15) is 5.69 Å². The lowest BCUT2D eigenvalue weighted by Gasteiger charge is -2.10. The van der Waals surface area contributed by atoms with E-state index in [1.165, 1.54) is 18.3 Å². The van der Waals surface area contributed by atoms with Crippen LogP contribution in [0.15, 0.2) is 41.0 Å². The van der Waals surface area contributed by atoms with Crippen molar-refractivity contribution in [1.29, 1.82) is 0 Å². The molecule has 0 aliphatic rings. The molecule has 0 bridgehead atoms. The van der Waals surface area contributed by atoms with Crippen molar-refractivity contribution in [3.63, 3.8) is 0 Å². The highest BCUT2D eigenvalue weighted by atomic mass is 79.9. The highest BCUT2D eigenvalue weighted by molar-refractivity contribution is 9.10. The monoisotopic (exact) mass is 378 g/mol. The molecule has 1 aromatic carbocycles. The molecule has 0 unspecified atom stereocenters. The molecule has 2 rings (SSSR count). The van der Waals surface area contributed by atoms with Gasteiger partial charge in [-0.2, -0.15) is 13.2 Å². The zero-order chi connectivity index (χ0) is 15.6. The second kappa shape index (κ2) is 6.03. The number of nitrogens with one attached hydrogen (secondary N) is 1. The second-order valence-electron chi connectivity index (χ2n) is 4.04. The fourth-order valence-electron chi connectivity index (χ4n) is 1.53. The molecular formula is C13H7BrClF3N2O. The van der Waals surface area contributed by atoms with Crippen LogP contribution in [-0.2, 0) is 6.18 Å². The number of alkyl halides is 3. The van der Waals surface area contributed by atoms with Crippen molar-refractivity contribution in [2.24, 2.45) is 0 Å². The number of hydrogen-bond donors (Lipinski definition) is 1. The van der Waals surface area contributed by atoms with Gasteiger partial charge in [-0.3, -0.25) is 4.79 Å². The van der Waals surface area contributed by atoms with E-state index in [4.69, 9.17) is 11.6 Å². The van der Waals surface area contributed by atoms with Gasteiger partial charge in [0.2, 0.25) is 0 Å². The minimum absolute atomic E-state index is 0.0513. The molecule has 0 fully saturated rings. The van der Waals surface area contributed by atoms with Gasteiger partial charge in [0.05, 0.1) is 5.56 Å². The second-order valence-corrected chi connectivity index (χ2v) is 5.39. The van der Waals surface area contributed by atoms with Crippen LogP contribution in [0, 0.1) is 0 Å². The third kappa shape index (κ3) is 4.18. The normalized spacial score (nSPS) is 11.3. The van der Waals surface area contributed by atoms with Crippen molar-refractivity contribution in [1.82, 2.24) is 4.98 Å². The van der Waals surface area contributed by atoms with E-state index in [1.807, 2.05) is 0 Å². The fraction of sp³-hybridized carbons (Fsp3) is 0.0769. The molecule has 0 saturated heterocycles. The predicted octanol–water partition coefficient (Wildman–Crippen LogP) is 4.77. The van der Waals surface area contributed by atoms with Crippen molar-refractivity contribution in [3.8, 4) is 0 Å². The number of aromatic nitrogens is 1. The Kier molecular flexibility index (Phi) is 4.53. The smallest absolute Gasteiger partial charge is 0.321 e. The highest BCUT2D eigenvalue weighted by Crippen LogP contribution is 2.33. The van der Waals surface area contributed by atoms with Crippen LogP contribution in [-0.4, -0.2) is 10.9 Å². The SMILES string of the molecule is O=C(Nc1cc(Cl)cc(C(F)(F)F)c1)c1ccc(Br)cn1. The Balaban J connectivity index is 2.25. The minimum Gasteiger partial charge on any atom is -0.321 e. The van der Waals surface area contributed by atoms with E-state index in [0.29, 0.717) is 4.47 Å². The number of hydrogen-bond acceptors (Lipinski definition) is 2. The lowest BCUT2D eigenvalue weighted by atomic mass is 10.2. The summed E-state index contributed by atoms with van der Waals surface area (Å²) in [6, 6.07) is 5.86. The molecule has 0 radical (unpaired) electrons. The van der Waals surface area contributed by atoms with Gasteiger partial charge >= 0.3 is 6.18 Å². The average molecular weight is 380 g/mol. The maximum atomic E-state index is 12.7. The summed E-state index contributed by atoms with van der Waals surface area (Å²) in [6.07, 6.45) is -3.13. The molecular weight excluding hydrogens is 373 g/mol. The quantitative estimate of drug-likeness (QED) is 0.817. The van der Waals surface area contributed by atoms with Crippen LogP contribution in [0.4, 0.5) is 18.9 Å². The molecule has 8 heteroatoms. The Morgan fingerprint density at radius 2 is 1.95 bits per heavy atom. The Morgan fingerprint density at radius 3 is 2.52 bits per heavy atom. The molecule has 1 heterocycles. The van der Waals surface area contributed by atoms with Gasteiger partial charge in [0, 0.05) is 21.4 Å². The van der Waals surface area contributed by atoms with E-state index in [1.54, 1.807) is 6.07 Å². The highest BCUT2D eigenvalue weighted by Gasteiger charge is 2.31. The van der Waals surface area contributed by atoms with Crippen molar-refractivity contribution >= 4 is 39.1 Å². The van der Waals surface area contributed by atoms with E-state index in [-0.39, 0.29) is 16.4 Å². The van der Waals surface area contributed by atoms with Crippen LogP contribution in [0.2, 0.25) is 5.02 Å². The Morgan fingerprint density at radius 1 is 1.24 bits per heavy atom. The number of rotatable bonds is 2. The first-order valence-corrected chi connectivity index (χ1v) is 6.73. The molecule has 1 N–H and O–H groups in total. The van der Waals surface area contributed by atoms with Crippen LogP contribution < -0.4 is 5.32 Å². The first-order chi connectivity index (χ1) is 9.75. The largest absolute Gasteiger partial charge is 0.416 e. The van der Waals surface area contributed by atoms with E-state index < -0.39 is 17.6 Å². The number of nitrogens with zero attached hydrogens (tertiary/aromatic N) is 1. The van der Waals surface area contributed by atoms with Crippen LogP contribution in [0.1, 0.15) is 16.1 Å². The summed E-state index contributed by atoms with van der Waals surface area (Å²) in [5.41, 5.74) is -0.912. The van der Waals surface area contributed by atoms with Crippen LogP contribution in [0.3, 0.4) is 0 Å². The van der Waals surface area contributed by atoms with E-state index >= 15 is 0 Å². The van der Waals surface area contributed by atoms with Gasteiger partial charge in [-0.25, -0.2) is 4.98 Å². The van der Waals surface area contributed by atoms with Gasteiger partial charge in [0.25, 0.3) is 5.91 Å². The van der Waals surface area contributed by atoms with Gasteiger partial charge in [-0.05, 0) is 46.3 Å². The molecule has 21 heavy (non-hydrogen) atoms. The molecule has 0 spiro atoms. The molecule has 0 atom stereocenters. The Hall–Kier alpha value is -1.60. The molecule has 3 nitrogen and oxygen atoms in total. The Bertz CT molecular complexity index is 674. The summed E-state index contributed by atoms with van der Waals surface area (Å²) < 4.78 is 38.7. The molecule has 0 saturated carbocycles. The molecule has 1 aromatic heterocycles. The molecule has 110 valence electrons. The zero-order valence-electron chi connectivity index (χ0n) is 10.2. The van der Waals surface area contributed by atoms with Crippen molar-refractivity contribution in [2.45, 2.75) is 6.18 Å². The maximum absolute atomic E-state index is 12.7. The van der Waals surface area contributed by atoms with Crippen LogP contribution in [0.5, 0.6) is 0 Å². The molecule has 1 amide bonds. The molecule has 0 aliphatic carbocycles. The van der Waals surface area contributed by atoms with Crippen molar-refractivity contribution < 1.29 is 18.0 Å². The van der Waals surface area contributed by atoms with Gasteiger partial charge in [-0.1, -0.05) is 11.6 Å². The lowest BCUT2D eigenvalue weighted by Crippen LogP contribution is -2.14. The first kappa shape index (κ1) is 15.8. The lowest BCUT2D eigenvalue weighted by molar-refractivity contribution is -0.137. The maximum Gasteiger partial charge on any atom is 0.416 e. The summed E-state index contributed by atoms with van der Waals surface area (Å²) in [7, 11) is 0. The van der Waals surface area contributed by atoms with Crippen LogP contribution >= 0.6 is 27.5 Å². The van der Waals surface area contributed by atoms with Crippen molar-refractivity contribution in [2.75, 3.05) is 5.32 Å². The summed E-state index contributed by atoms with van der Waals surface area (Å²) in [6.45, 7) is 0. The predicted molar refractivity (Wildman–Crippen MR) is 76.3 cm³/mol. The summed E-state index contributed by atoms with van der Waals surface area (Å²) in [5.74, 6) is -0.627. The third-order valence-corrected chi connectivity index (χ3v) is 3.13. The average Bonchev–Trinajstić information content (AvgIpc) is 2.37. The molecule has 0 aliphatic heterocycles. The molecule has 2 aromatic rings. The van der Waals surface area contributed by atoms with E-state index in [0.717, 1.165) is 12.1 Å². The number of benzene rings is 1. The number of carbonyl (C=O) groups is 1. The summed E-state index contributed by atoms with van der Waals surface area (Å²) in [5, 5.41) is 2.21. The number of pyridine rings is 1. The van der Waals surface area contributed by atoms with E-state index in [9.17, 15) is 18.0 Å². The Labute approximate surface area is 131 Å². The summed E-state index contributed by atoms with van der Waals surface area (Å²) >= 11 is 8.80. The third-order valence-electron chi connectivity index (χ3n) is 2.44. The number of amides is 1. The van der Waals surface area contributed by atoms with E-state index in [2.05, 4.69) is 26.2 Å². The van der Waals surface area contributed by atoms with Gasteiger partial charge in [0.15, 0.2) is 0 Å². The summed E-state index contributed by atoms with van der Waals surface area (Å²) in [4.78, 5) is 15.7. The van der Waals surface area contributed by atoms with Gasteiger partial charge < -0.3 is 5.32 Å². The minimum atomic E-state index is -4.54. The fourth-order valence-corrected chi connectivity index (χ4v) is 2.00. The van der Waals surface area contributed by atoms with Gasteiger partial charge in [-0.15, -0.1) is 0 Å². The standard InChI is InChI=1S/C13H7BrClF3N2O/c14-8-1-2-11(19-6-8)12(21)20-10-4-7(13(16,17)18)3-9(15)5-10/h1-6H,(H,20,21). The first-order valence-electron chi connectivity index (χ1n) is 5.56. The van der Waals surface area contributed by atoms with Crippen LogP contribution in [0.25, 0.3) is 0 Å².